The van der Waals surface area contributed by atoms with Crippen LogP contribution >= 0.6 is 28.6 Å². The third-order valence-electron chi connectivity index (χ3n) is 4.02. The van der Waals surface area contributed by atoms with Crippen LogP contribution in [0.25, 0.3) is 0 Å². The zero-order valence-corrected chi connectivity index (χ0v) is 24.3. The lowest BCUT2D eigenvalue weighted by atomic mass is 10.3. The third kappa shape index (κ3) is 19.1. The standard InChI is InChI=1S/C13H12N2O2S.C6H11Br.C6H9F3O.C2H4/c1-14-13(16)9-6-7-12(15-8-9)17-10-4-2-3-5-11(10)18;1-3-5-6(7)4-2;1-3-5(2)4-10-6(7,8)9;1-2/h2-8,18H,1H3,(H,14,16);5H,3-4H2,1-2H3;4H,3H2,1-2H3;1-2H2/b;6-5+;5-4+;. The molecule has 1 N–H and O–H groups in total. The number of alkyl halides is 3. The van der Waals surface area contributed by atoms with E-state index in [1.165, 1.54) is 10.7 Å². The summed E-state index contributed by atoms with van der Waals surface area (Å²) in [7, 11) is 1.57. The molecule has 5 nitrogen and oxygen atoms in total. The van der Waals surface area contributed by atoms with Crippen molar-refractivity contribution < 1.29 is 27.4 Å². The Morgan fingerprint density at radius 3 is 2.16 bits per heavy atom. The fraction of sp³-hybridized carbons (Fsp3) is 0.333. The van der Waals surface area contributed by atoms with Gasteiger partial charge in [-0.25, -0.2) is 4.98 Å². The molecular weight excluding hydrogens is 569 g/mol. The highest BCUT2D eigenvalue weighted by atomic mass is 79.9. The Labute approximate surface area is 232 Å². The quantitative estimate of drug-likeness (QED) is 0.188. The number of allylic oxidation sites excluding steroid dienone is 3. The van der Waals surface area contributed by atoms with Gasteiger partial charge < -0.3 is 14.8 Å². The highest BCUT2D eigenvalue weighted by Gasteiger charge is 2.28. The van der Waals surface area contributed by atoms with Gasteiger partial charge in [0.15, 0.2) is 0 Å². The summed E-state index contributed by atoms with van der Waals surface area (Å²) in [6.45, 7) is 13.6. The molecule has 1 heterocycles. The van der Waals surface area contributed by atoms with Gasteiger partial charge in [0.1, 0.15) is 5.75 Å². The Bertz CT molecular complexity index is 966. The van der Waals surface area contributed by atoms with Crippen molar-refractivity contribution in [2.45, 2.75) is 58.2 Å². The third-order valence-corrected chi connectivity index (χ3v) is 5.27. The van der Waals surface area contributed by atoms with E-state index in [9.17, 15) is 18.0 Å². The van der Waals surface area contributed by atoms with Crippen LogP contribution in [0.15, 0.2) is 83.0 Å². The average molecular weight is 606 g/mol. The number of para-hydroxylation sites is 1. The van der Waals surface area contributed by atoms with Crippen molar-refractivity contribution in [3.8, 4) is 11.6 Å². The maximum absolute atomic E-state index is 11.3. The van der Waals surface area contributed by atoms with Crippen LogP contribution in [-0.2, 0) is 4.74 Å². The Hall–Kier alpha value is -2.72. The van der Waals surface area contributed by atoms with Gasteiger partial charge in [0.25, 0.3) is 5.91 Å². The maximum atomic E-state index is 11.3. The predicted molar refractivity (Wildman–Crippen MR) is 151 cm³/mol. The minimum Gasteiger partial charge on any atom is -0.438 e. The van der Waals surface area contributed by atoms with Gasteiger partial charge in [-0.3, -0.25) is 4.79 Å². The van der Waals surface area contributed by atoms with E-state index in [0.29, 0.717) is 29.2 Å². The average Bonchev–Trinajstić information content (AvgIpc) is 2.90. The molecule has 2 aromatic rings. The Morgan fingerprint density at radius 1 is 1.14 bits per heavy atom. The normalized spacial score (nSPS) is 10.9. The lowest BCUT2D eigenvalue weighted by Gasteiger charge is -2.07. The molecule has 0 atom stereocenters. The van der Waals surface area contributed by atoms with Gasteiger partial charge in [0, 0.05) is 24.2 Å². The number of nitrogens with one attached hydrogen (secondary N) is 1. The fourth-order valence-corrected chi connectivity index (χ4v) is 2.52. The van der Waals surface area contributed by atoms with Gasteiger partial charge >= 0.3 is 6.36 Å². The Morgan fingerprint density at radius 2 is 1.76 bits per heavy atom. The number of pyridine rings is 1. The Balaban J connectivity index is 0. The van der Waals surface area contributed by atoms with Crippen LogP contribution in [-0.4, -0.2) is 24.3 Å². The van der Waals surface area contributed by atoms with E-state index in [1.54, 1.807) is 39.1 Å². The van der Waals surface area contributed by atoms with E-state index in [-0.39, 0.29) is 5.91 Å². The SMILES string of the molecule is C=C.CC/C(C)=C/OC(F)(F)F.CC/C=C(/Br)CC.CNC(=O)c1ccc(Oc2ccccc2S)nc1. The fourth-order valence-electron chi connectivity index (χ4n) is 1.99. The summed E-state index contributed by atoms with van der Waals surface area (Å²) >= 11 is 7.68. The molecule has 0 fully saturated rings. The van der Waals surface area contributed by atoms with Crippen LogP contribution in [0, 0.1) is 0 Å². The first-order chi connectivity index (χ1) is 17.5. The number of carbonyl (C=O) groups excluding carboxylic acids is 1. The number of aromatic nitrogens is 1. The van der Waals surface area contributed by atoms with Crippen LogP contribution in [0.5, 0.6) is 11.6 Å². The van der Waals surface area contributed by atoms with E-state index in [4.69, 9.17) is 4.74 Å². The van der Waals surface area contributed by atoms with Gasteiger partial charge in [0.2, 0.25) is 5.88 Å². The molecule has 0 aliphatic carbocycles. The molecule has 0 radical (unpaired) electrons. The zero-order chi connectivity index (χ0) is 28.9. The maximum Gasteiger partial charge on any atom is 0.572 e. The predicted octanol–water partition coefficient (Wildman–Crippen LogP) is 9.25. The lowest BCUT2D eigenvalue weighted by Crippen LogP contribution is -2.17. The monoisotopic (exact) mass is 604 g/mol. The molecule has 2 rings (SSSR count). The number of hydrogen-bond acceptors (Lipinski definition) is 5. The number of nitrogens with zero attached hydrogens (tertiary/aromatic N) is 1. The summed E-state index contributed by atoms with van der Waals surface area (Å²) in [5, 5.41) is 2.53. The molecule has 0 saturated heterocycles. The van der Waals surface area contributed by atoms with E-state index in [2.05, 4.69) is 76.7 Å². The van der Waals surface area contributed by atoms with Crippen LogP contribution in [0.4, 0.5) is 13.2 Å². The topological polar surface area (TPSA) is 60.5 Å². The smallest absolute Gasteiger partial charge is 0.438 e. The van der Waals surface area contributed by atoms with Crippen LogP contribution in [0.3, 0.4) is 0 Å². The number of ether oxygens (including phenoxy) is 2. The van der Waals surface area contributed by atoms with Crippen LogP contribution < -0.4 is 10.1 Å². The summed E-state index contributed by atoms with van der Waals surface area (Å²) in [4.78, 5) is 16.1. The number of benzene rings is 1. The highest BCUT2D eigenvalue weighted by Crippen LogP contribution is 2.26. The number of halogens is 4. The molecule has 206 valence electrons. The molecule has 0 saturated carbocycles. The minimum atomic E-state index is -4.55. The number of rotatable bonds is 7. The van der Waals surface area contributed by atoms with E-state index in [0.717, 1.165) is 24.0 Å². The van der Waals surface area contributed by atoms with Gasteiger partial charge in [-0.15, -0.1) is 39.0 Å². The minimum absolute atomic E-state index is 0.177. The van der Waals surface area contributed by atoms with Crippen molar-refractivity contribution in [3.63, 3.8) is 0 Å². The summed E-state index contributed by atoms with van der Waals surface area (Å²) in [5.74, 6) is 0.869. The lowest BCUT2D eigenvalue weighted by molar-refractivity contribution is -0.298. The molecule has 10 heteroatoms. The second kappa shape index (κ2) is 21.4. The summed E-state index contributed by atoms with van der Waals surface area (Å²) in [6.07, 6.45) is 2.64. The first-order valence-corrected chi connectivity index (χ1v) is 12.6. The number of amides is 1. The molecule has 0 unspecified atom stereocenters. The van der Waals surface area contributed by atoms with Crippen molar-refractivity contribution in [3.05, 3.63) is 83.7 Å². The van der Waals surface area contributed by atoms with Gasteiger partial charge in [-0.1, -0.05) is 54.9 Å². The molecule has 1 amide bonds. The zero-order valence-electron chi connectivity index (χ0n) is 21.9. The first kappa shape index (κ1) is 36.4. The van der Waals surface area contributed by atoms with E-state index < -0.39 is 6.36 Å². The first-order valence-electron chi connectivity index (χ1n) is 11.4. The van der Waals surface area contributed by atoms with Crippen molar-refractivity contribution >= 4 is 34.5 Å². The largest absolute Gasteiger partial charge is 0.572 e. The van der Waals surface area contributed by atoms with Crippen LogP contribution in [0.2, 0.25) is 0 Å². The van der Waals surface area contributed by atoms with Crippen molar-refractivity contribution in [1.29, 1.82) is 0 Å². The van der Waals surface area contributed by atoms with Gasteiger partial charge in [-0.05, 0) is 54.4 Å². The van der Waals surface area contributed by atoms with Gasteiger partial charge in [-0.2, -0.15) is 0 Å². The van der Waals surface area contributed by atoms with Crippen LogP contribution in [0.1, 0.15) is 57.3 Å². The Kier molecular flexibility index (Phi) is 21.0. The molecular formula is C27H36BrF3N2O3S. The highest BCUT2D eigenvalue weighted by molar-refractivity contribution is 9.11. The molecule has 0 aliphatic rings. The molecule has 0 bridgehead atoms. The molecule has 1 aromatic heterocycles. The second-order valence-electron chi connectivity index (χ2n) is 6.83. The van der Waals surface area contributed by atoms with Crippen molar-refractivity contribution in [2.75, 3.05) is 7.05 Å². The van der Waals surface area contributed by atoms with E-state index >= 15 is 0 Å². The van der Waals surface area contributed by atoms with Gasteiger partial charge in [0.05, 0.1) is 11.8 Å². The van der Waals surface area contributed by atoms with Crippen molar-refractivity contribution in [2.24, 2.45) is 0 Å². The number of carbonyl (C=O) groups is 1. The second-order valence-corrected chi connectivity index (χ2v) is 8.33. The molecule has 37 heavy (non-hydrogen) atoms. The molecule has 0 spiro atoms. The number of thiol groups is 1. The number of hydrogen-bond donors (Lipinski definition) is 2. The molecule has 0 aliphatic heterocycles. The summed E-state index contributed by atoms with van der Waals surface area (Å²) in [5.41, 5.74) is 1.06. The van der Waals surface area contributed by atoms with Crippen molar-refractivity contribution in [1.82, 2.24) is 10.3 Å². The molecule has 1 aromatic carbocycles. The van der Waals surface area contributed by atoms with E-state index in [1.807, 2.05) is 18.2 Å². The summed E-state index contributed by atoms with van der Waals surface area (Å²) < 4.78 is 44.1. The summed E-state index contributed by atoms with van der Waals surface area (Å²) in [6, 6.07) is 10.7.